The third kappa shape index (κ3) is 3.93. The molecule has 0 amide bonds. The lowest BCUT2D eigenvalue weighted by Gasteiger charge is -2.26. The van der Waals surface area contributed by atoms with Crippen LogP contribution >= 0.6 is 0 Å². The van der Waals surface area contributed by atoms with Crippen molar-refractivity contribution < 1.29 is 0 Å². The van der Waals surface area contributed by atoms with E-state index in [2.05, 4.69) is 103 Å². The number of benzene rings is 3. The molecule has 146 valence electrons. The van der Waals surface area contributed by atoms with Crippen molar-refractivity contribution in [3.63, 3.8) is 0 Å². The van der Waals surface area contributed by atoms with Crippen molar-refractivity contribution in [1.29, 1.82) is 0 Å². The molecule has 3 atom stereocenters. The van der Waals surface area contributed by atoms with Gasteiger partial charge in [-0.15, -0.1) is 0 Å². The molecular formula is C28H29N. The van der Waals surface area contributed by atoms with Gasteiger partial charge in [-0.2, -0.15) is 0 Å². The Morgan fingerprint density at radius 1 is 0.759 bits per heavy atom. The van der Waals surface area contributed by atoms with Crippen LogP contribution in [0.3, 0.4) is 0 Å². The van der Waals surface area contributed by atoms with E-state index in [4.69, 9.17) is 0 Å². The standard InChI is InChI=1S/C28H29N/c1-21-27(25-10-6-3-7-11-25)28(21)26-14-12-23(13-15-26)24-16-18-29(19-17-24)20-22-8-4-2-5-9-22/h2-16,21,27-28H,17-20H2,1H3/t21-,27-,28-/m1/s1. The Balaban J connectivity index is 1.23. The number of hydrogen-bond donors (Lipinski definition) is 0. The van der Waals surface area contributed by atoms with Crippen molar-refractivity contribution in [2.75, 3.05) is 13.1 Å². The normalized spacial score (nSPS) is 24.2. The van der Waals surface area contributed by atoms with Gasteiger partial charge in [0.05, 0.1) is 0 Å². The van der Waals surface area contributed by atoms with Crippen molar-refractivity contribution in [3.05, 3.63) is 113 Å². The Hall–Kier alpha value is -2.64. The van der Waals surface area contributed by atoms with Gasteiger partial charge in [0.2, 0.25) is 0 Å². The number of hydrogen-bond acceptors (Lipinski definition) is 1. The minimum atomic E-state index is 0.674. The van der Waals surface area contributed by atoms with Crippen molar-refractivity contribution >= 4 is 5.57 Å². The molecule has 3 aromatic carbocycles. The molecule has 1 fully saturated rings. The van der Waals surface area contributed by atoms with Crippen LogP contribution in [0.4, 0.5) is 0 Å². The van der Waals surface area contributed by atoms with Crippen LogP contribution in [0, 0.1) is 5.92 Å². The topological polar surface area (TPSA) is 3.24 Å². The average molecular weight is 380 g/mol. The summed E-state index contributed by atoms with van der Waals surface area (Å²) in [6.45, 7) is 5.62. The minimum Gasteiger partial charge on any atom is -0.295 e. The van der Waals surface area contributed by atoms with Crippen LogP contribution in [0.25, 0.3) is 5.57 Å². The molecule has 0 unspecified atom stereocenters. The summed E-state index contributed by atoms with van der Waals surface area (Å²) in [5, 5.41) is 0. The van der Waals surface area contributed by atoms with Crippen LogP contribution in [-0.4, -0.2) is 18.0 Å². The van der Waals surface area contributed by atoms with E-state index in [1.165, 1.54) is 27.8 Å². The van der Waals surface area contributed by atoms with E-state index < -0.39 is 0 Å². The third-order valence-electron chi connectivity index (χ3n) is 6.77. The van der Waals surface area contributed by atoms with E-state index >= 15 is 0 Å². The van der Waals surface area contributed by atoms with Crippen LogP contribution in [0.5, 0.6) is 0 Å². The van der Waals surface area contributed by atoms with E-state index in [1.807, 2.05) is 0 Å². The molecule has 1 heteroatoms. The van der Waals surface area contributed by atoms with Gasteiger partial charge in [0.15, 0.2) is 0 Å². The fraction of sp³-hybridized carbons (Fsp3) is 0.286. The van der Waals surface area contributed by atoms with Crippen LogP contribution < -0.4 is 0 Å². The van der Waals surface area contributed by atoms with Gasteiger partial charge in [-0.05, 0) is 52.0 Å². The highest BCUT2D eigenvalue weighted by atomic mass is 15.1. The molecule has 0 saturated heterocycles. The highest BCUT2D eigenvalue weighted by Gasteiger charge is 2.48. The zero-order chi connectivity index (χ0) is 19.6. The second kappa shape index (κ2) is 8.00. The number of rotatable bonds is 5. The maximum atomic E-state index is 2.53. The van der Waals surface area contributed by atoms with Gasteiger partial charge in [0.1, 0.15) is 0 Å². The predicted octanol–water partition coefficient (Wildman–Crippen LogP) is 6.49. The monoisotopic (exact) mass is 379 g/mol. The van der Waals surface area contributed by atoms with E-state index in [0.717, 1.165) is 32.0 Å². The van der Waals surface area contributed by atoms with Gasteiger partial charge < -0.3 is 0 Å². The predicted molar refractivity (Wildman–Crippen MR) is 122 cm³/mol. The summed E-state index contributed by atoms with van der Waals surface area (Å²) in [5.41, 5.74) is 7.29. The van der Waals surface area contributed by atoms with Crippen molar-refractivity contribution in [3.8, 4) is 0 Å². The van der Waals surface area contributed by atoms with Crippen molar-refractivity contribution in [2.24, 2.45) is 5.92 Å². The van der Waals surface area contributed by atoms with E-state index in [1.54, 1.807) is 0 Å². The zero-order valence-electron chi connectivity index (χ0n) is 17.2. The summed E-state index contributed by atoms with van der Waals surface area (Å²) in [4.78, 5) is 2.53. The molecule has 2 aliphatic rings. The van der Waals surface area contributed by atoms with Crippen LogP contribution in [-0.2, 0) is 6.54 Å². The van der Waals surface area contributed by atoms with Crippen molar-refractivity contribution in [1.82, 2.24) is 4.90 Å². The number of nitrogens with zero attached hydrogens (tertiary/aromatic N) is 1. The lowest BCUT2D eigenvalue weighted by Crippen LogP contribution is -2.27. The van der Waals surface area contributed by atoms with E-state index in [0.29, 0.717) is 11.8 Å². The molecule has 1 heterocycles. The molecule has 0 N–H and O–H groups in total. The van der Waals surface area contributed by atoms with Crippen molar-refractivity contribution in [2.45, 2.75) is 31.7 Å². The van der Waals surface area contributed by atoms with E-state index in [-0.39, 0.29) is 0 Å². The van der Waals surface area contributed by atoms with Gasteiger partial charge in [-0.3, -0.25) is 4.90 Å². The third-order valence-corrected chi connectivity index (χ3v) is 6.77. The first-order valence-corrected chi connectivity index (χ1v) is 10.9. The maximum Gasteiger partial charge on any atom is 0.0237 e. The molecule has 0 bridgehead atoms. The van der Waals surface area contributed by atoms with E-state index in [9.17, 15) is 0 Å². The summed E-state index contributed by atoms with van der Waals surface area (Å²) in [5.74, 6) is 2.10. The molecule has 0 spiro atoms. The Bertz CT molecular complexity index is 972. The molecule has 5 rings (SSSR count). The first kappa shape index (κ1) is 18.4. The van der Waals surface area contributed by atoms with Gasteiger partial charge >= 0.3 is 0 Å². The molecule has 0 radical (unpaired) electrons. The first-order valence-electron chi connectivity index (χ1n) is 10.9. The largest absolute Gasteiger partial charge is 0.295 e. The summed E-state index contributed by atoms with van der Waals surface area (Å²) in [6.07, 6.45) is 3.56. The smallest absolute Gasteiger partial charge is 0.0237 e. The quantitative estimate of drug-likeness (QED) is 0.489. The maximum absolute atomic E-state index is 2.53. The first-order chi connectivity index (χ1) is 14.3. The fourth-order valence-corrected chi connectivity index (χ4v) is 5.04. The van der Waals surface area contributed by atoms with Gasteiger partial charge in [0.25, 0.3) is 0 Å². The fourth-order valence-electron chi connectivity index (χ4n) is 5.04. The van der Waals surface area contributed by atoms with Gasteiger partial charge in [-0.25, -0.2) is 0 Å². The van der Waals surface area contributed by atoms with Gasteiger partial charge in [0, 0.05) is 19.6 Å². The molecule has 1 nitrogen and oxygen atoms in total. The van der Waals surface area contributed by atoms with Crippen LogP contribution in [0.2, 0.25) is 0 Å². The highest BCUT2D eigenvalue weighted by Crippen LogP contribution is 2.60. The lowest BCUT2D eigenvalue weighted by molar-refractivity contribution is 0.294. The molecule has 1 aliphatic heterocycles. The summed E-state index contributed by atoms with van der Waals surface area (Å²) in [7, 11) is 0. The Morgan fingerprint density at radius 3 is 2.00 bits per heavy atom. The van der Waals surface area contributed by atoms with Crippen LogP contribution in [0.15, 0.2) is 91.0 Å². The summed E-state index contributed by atoms with van der Waals surface area (Å²) < 4.78 is 0. The van der Waals surface area contributed by atoms with Gasteiger partial charge in [-0.1, -0.05) is 97.9 Å². The Kier molecular flexibility index (Phi) is 5.08. The summed E-state index contributed by atoms with van der Waals surface area (Å²) >= 11 is 0. The Labute approximate surface area is 174 Å². The second-order valence-electron chi connectivity index (χ2n) is 8.64. The van der Waals surface area contributed by atoms with Crippen LogP contribution in [0.1, 0.15) is 47.4 Å². The zero-order valence-corrected chi connectivity index (χ0v) is 17.2. The Morgan fingerprint density at radius 2 is 1.38 bits per heavy atom. The average Bonchev–Trinajstić information content (AvgIpc) is 3.46. The molecule has 1 aliphatic carbocycles. The SMILES string of the molecule is C[C@@H]1[C@H](c2ccccc2)[C@H]1c1ccc(C2=CCN(Cc3ccccc3)CC2)cc1. The second-order valence-corrected chi connectivity index (χ2v) is 8.64. The molecule has 1 saturated carbocycles. The minimum absolute atomic E-state index is 0.674. The lowest BCUT2D eigenvalue weighted by atomic mass is 9.96. The molecule has 0 aromatic heterocycles. The molecule has 29 heavy (non-hydrogen) atoms. The molecule has 3 aromatic rings. The molecular weight excluding hydrogens is 350 g/mol. The highest BCUT2D eigenvalue weighted by molar-refractivity contribution is 5.67. The summed E-state index contributed by atoms with van der Waals surface area (Å²) in [6, 6.07) is 31.2.